The molecule has 0 aliphatic carbocycles. The van der Waals surface area contributed by atoms with E-state index < -0.39 is 0 Å². The van der Waals surface area contributed by atoms with E-state index in [1.54, 1.807) is 6.20 Å². The summed E-state index contributed by atoms with van der Waals surface area (Å²) in [5, 5.41) is 9.36. The summed E-state index contributed by atoms with van der Waals surface area (Å²) in [7, 11) is 0. The molecule has 3 aromatic heterocycles. The third-order valence-electron chi connectivity index (χ3n) is 10.9. The molecule has 5 heteroatoms. The van der Waals surface area contributed by atoms with Crippen molar-refractivity contribution in [2.75, 3.05) is 0 Å². The molecule has 0 spiro atoms. The van der Waals surface area contributed by atoms with Gasteiger partial charge in [-0.1, -0.05) is 127 Å². The summed E-state index contributed by atoms with van der Waals surface area (Å²) < 4.78 is 0. The van der Waals surface area contributed by atoms with Gasteiger partial charge in [-0.25, -0.2) is 15.0 Å². The van der Waals surface area contributed by atoms with E-state index in [0.29, 0.717) is 17.5 Å². The average Bonchev–Trinajstić information content (AvgIpc) is 3.31. The Bertz CT molecular complexity index is 3240. The third-order valence-corrected chi connectivity index (χ3v) is 10.9. The predicted molar refractivity (Wildman–Crippen MR) is 238 cm³/mol. The normalized spacial score (nSPS) is 11.4. The summed E-state index contributed by atoms with van der Waals surface area (Å²) in [6, 6.07) is 65.7. The molecule has 0 N–H and O–H groups in total. The van der Waals surface area contributed by atoms with Gasteiger partial charge < -0.3 is 0 Å². The highest BCUT2D eigenvalue weighted by Gasteiger charge is 2.18. The standard InChI is InChI=1S/C53H33N5/c1-3-13-36-27-39(22-20-34(36)11-1)51-56-52(40-23-21-35-12-2-4-14-37(35)28-40)58-53(57-51)44-30-42(48-32-38-15-5-6-16-45(38)46-17-7-8-18-47(46)48)29-43(31-44)50-25-24-41(33-55-50)49-19-9-10-26-54-49/h1-33H. The monoisotopic (exact) mass is 739 g/mol. The van der Waals surface area contributed by atoms with Crippen LogP contribution in [0.3, 0.4) is 0 Å². The summed E-state index contributed by atoms with van der Waals surface area (Å²) >= 11 is 0. The van der Waals surface area contributed by atoms with Crippen molar-refractivity contribution in [3.05, 3.63) is 200 Å². The number of pyridine rings is 2. The van der Waals surface area contributed by atoms with Gasteiger partial charge >= 0.3 is 0 Å². The van der Waals surface area contributed by atoms with Gasteiger partial charge in [0.2, 0.25) is 0 Å². The molecule has 0 radical (unpaired) electrons. The molecule has 0 aliphatic heterocycles. The van der Waals surface area contributed by atoms with Crippen molar-refractivity contribution < 1.29 is 0 Å². The van der Waals surface area contributed by atoms with Gasteiger partial charge in [-0.3, -0.25) is 9.97 Å². The first-order valence-corrected chi connectivity index (χ1v) is 19.4. The van der Waals surface area contributed by atoms with E-state index in [1.165, 1.54) is 21.5 Å². The number of nitrogens with zero attached hydrogens (tertiary/aromatic N) is 5. The van der Waals surface area contributed by atoms with Crippen LogP contribution in [0, 0.1) is 0 Å². The van der Waals surface area contributed by atoms with Crippen LogP contribution < -0.4 is 0 Å². The first-order chi connectivity index (χ1) is 28.7. The summed E-state index contributed by atoms with van der Waals surface area (Å²) in [6.45, 7) is 0. The van der Waals surface area contributed by atoms with Crippen molar-refractivity contribution in [2.24, 2.45) is 0 Å². The fourth-order valence-corrected chi connectivity index (χ4v) is 8.02. The Morgan fingerprint density at radius 3 is 1.43 bits per heavy atom. The van der Waals surface area contributed by atoms with E-state index >= 15 is 0 Å². The Balaban J connectivity index is 1.15. The van der Waals surface area contributed by atoms with Gasteiger partial charge in [0.05, 0.1) is 11.4 Å². The number of fused-ring (bicyclic) bond motifs is 5. The van der Waals surface area contributed by atoms with Gasteiger partial charge in [-0.05, 0) is 115 Å². The lowest BCUT2D eigenvalue weighted by molar-refractivity contribution is 1.08. The first kappa shape index (κ1) is 33.4. The molecule has 11 rings (SSSR count). The molecule has 0 fully saturated rings. The zero-order valence-corrected chi connectivity index (χ0v) is 31.3. The van der Waals surface area contributed by atoms with Crippen LogP contribution in [0.1, 0.15) is 0 Å². The van der Waals surface area contributed by atoms with Crippen LogP contribution in [0.25, 0.3) is 111 Å². The smallest absolute Gasteiger partial charge is 0.164 e. The molecule has 5 nitrogen and oxygen atoms in total. The second kappa shape index (κ2) is 14.0. The second-order valence-electron chi connectivity index (χ2n) is 14.6. The largest absolute Gasteiger partial charge is 0.256 e. The average molecular weight is 740 g/mol. The van der Waals surface area contributed by atoms with Gasteiger partial charge in [0.1, 0.15) is 0 Å². The molecule has 11 aromatic rings. The number of aromatic nitrogens is 5. The highest BCUT2D eigenvalue weighted by atomic mass is 15.0. The quantitative estimate of drug-likeness (QED) is 0.159. The van der Waals surface area contributed by atoms with E-state index in [0.717, 1.165) is 71.9 Å². The highest BCUT2D eigenvalue weighted by molar-refractivity contribution is 6.14. The SMILES string of the molecule is c1ccc(-c2ccc(-c3cc(-c4nc(-c5ccc6ccccc6c5)nc(-c5ccc6ccccc6c5)n4)cc(-c4cc5ccccc5c5ccccc45)c3)nc2)nc1. The van der Waals surface area contributed by atoms with Crippen LogP contribution in [-0.4, -0.2) is 24.9 Å². The van der Waals surface area contributed by atoms with Crippen molar-refractivity contribution in [3.8, 4) is 67.8 Å². The molecular formula is C53H33N5. The molecule has 270 valence electrons. The van der Waals surface area contributed by atoms with Gasteiger partial charge in [0.25, 0.3) is 0 Å². The van der Waals surface area contributed by atoms with Gasteiger partial charge in [-0.2, -0.15) is 0 Å². The summed E-state index contributed by atoms with van der Waals surface area (Å²) in [5.74, 6) is 1.80. The molecule has 3 heterocycles. The second-order valence-corrected chi connectivity index (χ2v) is 14.6. The summed E-state index contributed by atoms with van der Waals surface area (Å²) in [5.41, 5.74) is 8.52. The molecule has 0 aliphatic rings. The molecule has 0 unspecified atom stereocenters. The van der Waals surface area contributed by atoms with E-state index in [9.17, 15) is 0 Å². The van der Waals surface area contributed by atoms with E-state index in [2.05, 4.69) is 175 Å². The Morgan fingerprint density at radius 1 is 0.276 bits per heavy atom. The van der Waals surface area contributed by atoms with Gasteiger partial charge in [0, 0.05) is 40.2 Å². The van der Waals surface area contributed by atoms with Gasteiger partial charge in [-0.15, -0.1) is 0 Å². The highest BCUT2D eigenvalue weighted by Crippen LogP contribution is 2.39. The van der Waals surface area contributed by atoms with E-state index in [1.807, 2.05) is 24.4 Å². The minimum atomic E-state index is 0.583. The maximum absolute atomic E-state index is 5.25. The molecule has 8 aromatic carbocycles. The van der Waals surface area contributed by atoms with Crippen molar-refractivity contribution >= 4 is 43.1 Å². The first-order valence-electron chi connectivity index (χ1n) is 19.4. The Kier molecular flexibility index (Phi) is 8.07. The van der Waals surface area contributed by atoms with Crippen LogP contribution >= 0.6 is 0 Å². The van der Waals surface area contributed by atoms with Crippen molar-refractivity contribution in [1.82, 2.24) is 24.9 Å². The number of benzene rings is 8. The molecule has 58 heavy (non-hydrogen) atoms. The predicted octanol–water partition coefficient (Wildman–Crippen LogP) is 13.3. The van der Waals surface area contributed by atoms with Crippen LogP contribution in [0.15, 0.2) is 200 Å². The zero-order valence-electron chi connectivity index (χ0n) is 31.3. The number of hydrogen-bond acceptors (Lipinski definition) is 5. The third kappa shape index (κ3) is 6.12. The molecule has 0 saturated carbocycles. The molecule has 0 amide bonds. The number of rotatable bonds is 6. The van der Waals surface area contributed by atoms with Crippen LogP contribution in [0.2, 0.25) is 0 Å². The molecular weight excluding hydrogens is 707 g/mol. The molecule has 0 saturated heterocycles. The maximum atomic E-state index is 5.25. The van der Waals surface area contributed by atoms with Gasteiger partial charge in [0.15, 0.2) is 17.5 Å². The van der Waals surface area contributed by atoms with Crippen LogP contribution in [0.5, 0.6) is 0 Å². The Hall–Kier alpha value is -7.89. The van der Waals surface area contributed by atoms with Crippen molar-refractivity contribution in [3.63, 3.8) is 0 Å². The van der Waals surface area contributed by atoms with E-state index in [4.69, 9.17) is 19.9 Å². The lowest BCUT2D eigenvalue weighted by atomic mass is 9.91. The lowest BCUT2D eigenvalue weighted by Gasteiger charge is -2.15. The molecule has 0 atom stereocenters. The molecule has 0 bridgehead atoms. The minimum absolute atomic E-state index is 0.583. The number of hydrogen-bond donors (Lipinski definition) is 0. The topological polar surface area (TPSA) is 64.5 Å². The Morgan fingerprint density at radius 2 is 0.793 bits per heavy atom. The zero-order chi connectivity index (χ0) is 38.4. The van der Waals surface area contributed by atoms with Crippen LogP contribution in [-0.2, 0) is 0 Å². The maximum Gasteiger partial charge on any atom is 0.164 e. The fraction of sp³-hybridized carbons (Fsp3) is 0. The van der Waals surface area contributed by atoms with E-state index in [-0.39, 0.29) is 0 Å². The van der Waals surface area contributed by atoms with Crippen LogP contribution in [0.4, 0.5) is 0 Å². The summed E-state index contributed by atoms with van der Waals surface area (Å²) in [6.07, 6.45) is 3.70. The van der Waals surface area contributed by atoms with Crippen molar-refractivity contribution in [1.29, 1.82) is 0 Å². The van der Waals surface area contributed by atoms with Crippen molar-refractivity contribution in [2.45, 2.75) is 0 Å². The Labute approximate surface area is 335 Å². The lowest BCUT2D eigenvalue weighted by Crippen LogP contribution is -2.01. The minimum Gasteiger partial charge on any atom is -0.256 e. The fourth-order valence-electron chi connectivity index (χ4n) is 8.02. The summed E-state index contributed by atoms with van der Waals surface area (Å²) in [4.78, 5) is 25.2.